The van der Waals surface area contributed by atoms with Gasteiger partial charge >= 0.3 is 0 Å². The molecule has 0 aliphatic carbocycles. The second-order valence-electron chi connectivity index (χ2n) is 5.21. The topological polar surface area (TPSA) is 15.3 Å². The third-order valence-corrected chi connectivity index (χ3v) is 3.94. The molecule has 0 aromatic rings. The molecule has 0 radical (unpaired) electrons. The Morgan fingerprint density at radius 3 is 2.23 bits per heavy atom. The fourth-order valence-corrected chi connectivity index (χ4v) is 2.51. The second-order valence-corrected chi connectivity index (χ2v) is 5.21. The molecular weight excluding hydrogens is 160 g/mol. The molecule has 2 aliphatic heterocycles. The summed E-state index contributed by atoms with van der Waals surface area (Å²) in [5.74, 6) is 0. The van der Waals surface area contributed by atoms with E-state index in [0.29, 0.717) is 5.54 Å². The number of nitrogens with zero attached hydrogens (tertiary/aromatic N) is 1. The minimum absolute atomic E-state index is 0.406. The summed E-state index contributed by atoms with van der Waals surface area (Å²) in [5.41, 5.74) is 0.406. The number of hydrogen-bond acceptors (Lipinski definition) is 2. The third-order valence-electron chi connectivity index (χ3n) is 3.94. The van der Waals surface area contributed by atoms with Gasteiger partial charge in [-0.05, 0) is 33.1 Å². The van der Waals surface area contributed by atoms with Gasteiger partial charge in [0.05, 0.1) is 0 Å². The van der Waals surface area contributed by atoms with E-state index in [9.17, 15) is 0 Å². The van der Waals surface area contributed by atoms with Gasteiger partial charge in [-0.2, -0.15) is 0 Å². The molecule has 2 atom stereocenters. The zero-order valence-corrected chi connectivity index (χ0v) is 9.14. The van der Waals surface area contributed by atoms with Crippen molar-refractivity contribution >= 4 is 0 Å². The van der Waals surface area contributed by atoms with Crippen LogP contribution in [0.5, 0.6) is 0 Å². The van der Waals surface area contributed by atoms with E-state index >= 15 is 0 Å². The molecule has 0 spiro atoms. The summed E-state index contributed by atoms with van der Waals surface area (Å²) in [6, 6.07) is 1.56. The molecule has 2 unspecified atom stereocenters. The maximum atomic E-state index is 3.67. The van der Waals surface area contributed by atoms with E-state index in [1.807, 2.05) is 0 Å². The quantitative estimate of drug-likeness (QED) is 0.698. The monoisotopic (exact) mass is 182 g/mol. The predicted molar refractivity (Wildman–Crippen MR) is 55.9 cm³/mol. The van der Waals surface area contributed by atoms with Crippen LogP contribution in [-0.2, 0) is 0 Å². The predicted octanol–water partition coefficient (Wildman–Crippen LogP) is 1.61. The van der Waals surface area contributed by atoms with Crippen LogP contribution in [0, 0.1) is 0 Å². The highest BCUT2D eigenvalue weighted by atomic mass is 15.3. The number of likely N-dealkylation sites (tertiary alicyclic amines) is 1. The molecule has 2 heteroatoms. The Labute approximate surface area is 81.7 Å². The molecule has 0 saturated carbocycles. The Morgan fingerprint density at radius 2 is 1.77 bits per heavy atom. The van der Waals surface area contributed by atoms with E-state index in [1.54, 1.807) is 0 Å². The smallest absolute Gasteiger partial charge is 0.0198 e. The highest BCUT2D eigenvalue weighted by molar-refractivity contribution is 4.96. The van der Waals surface area contributed by atoms with Crippen LogP contribution < -0.4 is 5.32 Å². The lowest BCUT2D eigenvalue weighted by molar-refractivity contribution is 0.0763. The van der Waals surface area contributed by atoms with Crippen molar-refractivity contribution in [2.24, 2.45) is 0 Å². The van der Waals surface area contributed by atoms with Crippen LogP contribution in [-0.4, -0.2) is 35.6 Å². The van der Waals surface area contributed by atoms with Crippen LogP contribution in [0.4, 0.5) is 0 Å². The summed E-state index contributed by atoms with van der Waals surface area (Å²) in [6.07, 6.45) is 4.04. The van der Waals surface area contributed by atoms with Crippen LogP contribution >= 0.6 is 0 Å². The van der Waals surface area contributed by atoms with Gasteiger partial charge in [0.2, 0.25) is 0 Å². The molecule has 13 heavy (non-hydrogen) atoms. The lowest BCUT2D eigenvalue weighted by atomic mass is 9.97. The van der Waals surface area contributed by atoms with E-state index in [4.69, 9.17) is 0 Å². The lowest BCUT2D eigenvalue weighted by Gasteiger charge is -2.43. The molecule has 2 aliphatic rings. The highest BCUT2D eigenvalue weighted by Gasteiger charge is 2.37. The van der Waals surface area contributed by atoms with Crippen LogP contribution in [0.2, 0.25) is 0 Å². The molecule has 0 aromatic heterocycles. The van der Waals surface area contributed by atoms with Crippen LogP contribution in [0.3, 0.4) is 0 Å². The van der Waals surface area contributed by atoms with Gasteiger partial charge in [0.1, 0.15) is 0 Å². The van der Waals surface area contributed by atoms with Crippen molar-refractivity contribution in [3.05, 3.63) is 0 Å². The van der Waals surface area contributed by atoms with Gasteiger partial charge in [0, 0.05) is 30.7 Å². The van der Waals surface area contributed by atoms with Gasteiger partial charge in [-0.15, -0.1) is 0 Å². The van der Waals surface area contributed by atoms with Gasteiger partial charge in [-0.3, -0.25) is 4.90 Å². The largest absolute Gasteiger partial charge is 0.309 e. The average molecular weight is 182 g/mol. The number of nitrogens with one attached hydrogen (secondary N) is 1. The van der Waals surface area contributed by atoms with Gasteiger partial charge in [-0.1, -0.05) is 6.92 Å². The number of piperazine rings is 1. The lowest BCUT2D eigenvalue weighted by Crippen LogP contribution is -2.57. The van der Waals surface area contributed by atoms with E-state index in [1.165, 1.54) is 32.4 Å². The van der Waals surface area contributed by atoms with Crippen LogP contribution in [0.1, 0.15) is 40.0 Å². The molecule has 1 N–H and O–H groups in total. The van der Waals surface area contributed by atoms with E-state index in [2.05, 4.69) is 31.0 Å². The zero-order chi connectivity index (χ0) is 9.47. The molecule has 2 rings (SSSR count). The third kappa shape index (κ3) is 1.75. The van der Waals surface area contributed by atoms with E-state index in [0.717, 1.165) is 12.1 Å². The molecular formula is C11H22N2. The van der Waals surface area contributed by atoms with Gasteiger partial charge < -0.3 is 5.32 Å². The van der Waals surface area contributed by atoms with Crippen molar-refractivity contribution in [2.75, 3.05) is 13.1 Å². The SMILES string of the molecule is CCC(C)(C)N1CC2CCC(C1)N2. The Morgan fingerprint density at radius 1 is 1.23 bits per heavy atom. The molecule has 76 valence electrons. The number of rotatable bonds is 2. The normalized spacial score (nSPS) is 35.3. The Bertz CT molecular complexity index is 177. The summed E-state index contributed by atoms with van der Waals surface area (Å²) < 4.78 is 0. The van der Waals surface area contributed by atoms with Crippen molar-refractivity contribution in [3.63, 3.8) is 0 Å². The Kier molecular flexibility index (Phi) is 2.37. The molecule has 2 fully saturated rings. The maximum absolute atomic E-state index is 3.67. The first-order valence-electron chi connectivity index (χ1n) is 5.63. The van der Waals surface area contributed by atoms with Gasteiger partial charge in [-0.25, -0.2) is 0 Å². The minimum atomic E-state index is 0.406. The van der Waals surface area contributed by atoms with Crippen molar-refractivity contribution in [3.8, 4) is 0 Å². The summed E-state index contributed by atoms with van der Waals surface area (Å²) >= 11 is 0. The number of fused-ring (bicyclic) bond motifs is 2. The van der Waals surface area contributed by atoms with Gasteiger partial charge in [0.15, 0.2) is 0 Å². The second kappa shape index (κ2) is 3.25. The Hall–Kier alpha value is -0.0800. The van der Waals surface area contributed by atoms with E-state index < -0.39 is 0 Å². The van der Waals surface area contributed by atoms with Crippen molar-refractivity contribution in [1.29, 1.82) is 0 Å². The maximum Gasteiger partial charge on any atom is 0.0198 e. The molecule has 2 bridgehead atoms. The Balaban J connectivity index is 2.02. The molecule has 2 heterocycles. The van der Waals surface area contributed by atoms with Crippen molar-refractivity contribution in [1.82, 2.24) is 10.2 Å². The summed E-state index contributed by atoms with van der Waals surface area (Å²) in [5, 5.41) is 3.67. The first-order chi connectivity index (χ1) is 6.12. The van der Waals surface area contributed by atoms with Crippen molar-refractivity contribution < 1.29 is 0 Å². The van der Waals surface area contributed by atoms with Gasteiger partial charge in [0.25, 0.3) is 0 Å². The van der Waals surface area contributed by atoms with Crippen molar-refractivity contribution in [2.45, 2.75) is 57.7 Å². The zero-order valence-electron chi connectivity index (χ0n) is 9.14. The minimum Gasteiger partial charge on any atom is -0.309 e. The van der Waals surface area contributed by atoms with E-state index in [-0.39, 0.29) is 0 Å². The summed E-state index contributed by atoms with van der Waals surface area (Å²) in [6.45, 7) is 9.56. The average Bonchev–Trinajstić information content (AvgIpc) is 2.45. The molecule has 0 aromatic carbocycles. The van der Waals surface area contributed by atoms with Crippen LogP contribution in [0.15, 0.2) is 0 Å². The van der Waals surface area contributed by atoms with Crippen LogP contribution in [0.25, 0.3) is 0 Å². The first kappa shape index (κ1) is 9.47. The fourth-order valence-electron chi connectivity index (χ4n) is 2.51. The molecule has 0 amide bonds. The standard InChI is InChI=1S/C11H22N2/c1-4-11(2,3)13-7-9-5-6-10(8-13)12-9/h9-10,12H,4-8H2,1-3H3. The summed E-state index contributed by atoms with van der Waals surface area (Å²) in [7, 11) is 0. The number of hydrogen-bond donors (Lipinski definition) is 1. The fraction of sp³-hybridized carbons (Fsp3) is 1.00. The highest BCUT2D eigenvalue weighted by Crippen LogP contribution is 2.27. The first-order valence-corrected chi connectivity index (χ1v) is 5.63. The molecule has 2 nitrogen and oxygen atoms in total. The summed E-state index contributed by atoms with van der Waals surface area (Å²) in [4.78, 5) is 2.67. The molecule has 2 saturated heterocycles.